The van der Waals surface area contributed by atoms with Crippen LogP contribution in [0.4, 0.5) is 0 Å². The standard InChI is InChI=1S/C28H38N2O2/c1-20(2)29-15-12-21(13-16-29)19-32-24-10-11-25-26(17-24)28-5-4-14-30(28)18-27(25)22-6-8-23(31-3)9-7-22/h6-11,17,20-21,27-28H,4-5,12-16,18-19H2,1-3H3/t27-,28-/m1/s1. The number of nitrogens with zero attached hydrogens (tertiary/aromatic N) is 2. The molecule has 172 valence electrons. The van der Waals surface area contributed by atoms with Crippen molar-refractivity contribution < 1.29 is 9.47 Å². The maximum absolute atomic E-state index is 6.37. The maximum atomic E-state index is 6.37. The first-order valence-corrected chi connectivity index (χ1v) is 12.5. The summed E-state index contributed by atoms with van der Waals surface area (Å²) in [6.07, 6.45) is 5.05. The van der Waals surface area contributed by atoms with Gasteiger partial charge >= 0.3 is 0 Å². The fourth-order valence-corrected chi connectivity index (χ4v) is 5.95. The van der Waals surface area contributed by atoms with Crippen molar-refractivity contribution in [1.29, 1.82) is 0 Å². The highest BCUT2D eigenvalue weighted by Crippen LogP contribution is 2.45. The zero-order valence-corrected chi connectivity index (χ0v) is 19.9. The van der Waals surface area contributed by atoms with Gasteiger partial charge in [0.05, 0.1) is 13.7 Å². The topological polar surface area (TPSA) is 24.9 Å². The quantitative estimate of drug-likeness (QED) is 0.601. The molecule has 2 fully saturated rings. The summed E-state index contributed by atoms with van der Waals surface area (Å²) < 4.78 is 11.7. The Morgan fingerprint density at radius 2 is 1.66 bits per heavy atom. The van der Waals surface area contributed by atoms with E-state index in [0.29, 0.717) is 23.9 Å². The molecule has 3 heterocycles. The summed E-state index contributed by atoms with van der Waals surface area (Å²) in [6.45, 7) is 10.2. The zero-order valence-electron chi connectivity index (χ0n) is 19.9. The molecule has 4 nitrogen and oxygen atoms in total. The summed E-state index contributed by atoms with van der Waals surface area (Å²) in [4.78, 5) is 5.27. The van der Waals surface area contributed by atoms with E-state index in [9.17, 15) is 0 Å². The minimum atomic E-state index is 0.416. The number of piperidine rings is 1. The van der Waals surface area contributed by atoms with Crippen LogP contribution in [0.3, 0.4) is 0 Å². The van der Waals surface area contributed by atoms with Crippen LogP contribution in [0, 0.1) is 5.92 Å². The summed E-state index contributed by atoms with van der Waals surface area (Å²) >= 11 is 0. The molecule has 0 N–H and O–H groups in total. The van der Waals surface area contributed by atoms with Gasteiger partial charge in [0.2, 0.25) is 0 Å². The average molecular weight is 435 g/mol. The van der Waals surface area contributed by atoms with Gasteiger partial charge in [-0.15, -0.1) is 0 Å². The molecule has 0 radical (unpaired) electrons. The van der Waals surface area contributed by atoms with Gasteiger partial charge in [-0.1, -0.05) is 18.2 Å². The zero-order chi connectivity index (χ0) is 22.1. The molecule has 0 amide bonds. The van der Waals surface area contributed by atoms with Crippen LogP contribution in [0.5, 0.6) is 11.5 Å². The second-order valence-electron chi connectivity index (χ2n) is 10.2. The van der Waals surface area contributed by atoms with Crippen molar-refractivity contribution in [2.75, 3.05) is 39.9 Å². The number of benzene rings is 2. The van der Waals surface area contributed by atoms with Gasteiger partial charge in [-0.25, -0.2) is 0 Å². The molecule has 0 aromatic heterocycles. The van der Waals surface area contributed by atoms with Crippen LogP contribution in [-0.2, 0) is 0 Å². The third-order valence-corrected chi connectivity index (χ3v) is 7.96. The van der Waals surface area contributed by atoms with Crippen LogP contribution < -0.4 is 9.47 Å². The molecule has 0 aliphatic carbocycles. The summed E-state index contributed by atoms with van der Waals surface area (Å²) in [7, 11) is 1.73. The Balaban J connectivity index is 1.32. The molecule has 5 rings (SSSR count). The maximum Gasteiger partial charge on any atom is 0.119 e. The average Bonchev–Trinajstić information content (AvgIpc) is 3.31. The molecular formula is C28H38N2O2. The number of rotatable bonds is 6. The lowest BCUT2D eigenvalue weighted by Crippen LogP contribution is -2.39. The summed E-state index contributed by atoms with van der Waals surface area (Å²) in [5, 5.41) is 0. The fourth-order valence-electron chi connectivity index (χ4n) is 5.95. The normalized spacial score (nSPS) is 24.4. The van der Waals surface area contributed by atoms with Gasteiger partial charge < -0.3 is 14.4 Å². The van der Waals surface area contributed by atoms with Gasteiger partial charge in [-0.05, 0) is 106 Å². The first-order valence-electron chi connectivity index (χ1n) is 12.5. The molecule has 0 saturated carbocycles. The predicted octanol–water partition coefficient (Wildman–Crippen LogP) is 5.48. The molecule has 32 heavy (non-hydrogen) atoms. The number of hydrogen-bond acceptors (Lipinski definition) is 4. The van der Waals surface area contributed by atoms with Crippen LogP contribution >= 0.6 is 0 Å². The smallest absolute Gasteiger partial charge is 0.119 e. The van der Waals surface area contributed by atoms with Gasteiger partial charge in [0.25, 0.3) is 0 Å². The van der Waals surface area contributed by atoms with Crippen molar-refractivity contribution in [3.63, 3.8) is 0 Å². The second-order valence-corrected chi connectivity index (χ2v) is 10.2. The van der Waals surface area contributed by atoms with Gasteiger partial charge in [0.15, 0.2) is 0 Å². The Labute approximate surface area is 193 Å². The van der Waals surface area contributed by atoms with Crippen LogP contribution in [-0.4, -0.2) is 55.7 Å². The molecule has 3 aliphatic heterocycles. The lowest BCUT2D eigenvalue weighted by atomic mass is 9.81. The molecule has 4 heteroatoms. The van der Waals surface area contributed by atoms with Crippen LogP contribution in [0.15, 0.2) is 42.5 Å². The van der Waals surface area contributed by atoms with Gasteiger partial charge in [0.1, 0.15) is 11.5 Å². The summed E-state index contributed by atoms with van der Waals surface area (Å²) in [6, 6.07) is 16.8. The summed E-state index contributed by atoms with van der Waals surface area (Å²) in [5.74, 6) is 3.07. The molecular weight excluding hydrogens is 396 g/mol. The van der Waals surface area contributed by atoms with Crippen LogP contribution in [0.25, 0.3) is 0 Å². The van der Waals surface area contributed by atoms with Crippen LogP contribution in [0.1, 0.15) is 68.2 Å². The highest BCUT2D eigenvalue weighted by atomic mass is 16.5. The van der Waals surface area contributed by atoms with E-state index in [1.807, 2.05) is 0 Å². The van der Waals surface area contributed by atoms with Crippen LogP contribution in [0.2, 0.25) is 0 Å². The van der Waals surface area contributed by atoms with E-state index in [1.54, 1.807) is 7.11 Å². The van der Waals surface area contributed by atoms with Crippen molar-refractivity contribution in [2.24, 2.45) is 5.92 Å². The van der Waals surface area contributed by atoms with Crippen molar-refractivity contribution in [1.82, 2.24) is 9.80 Å². The van der Waals surface area contributed by atoms with E-state index in [0.717, 1.165) is 24.7 Å². The largest absolute Gasteiger partial charge is 0.497 e. The molecule has 2 aromatic rings. The van der Waals surface area contributed by atoms with E-state index in [4.69, 9.17) is 9.47 Å². The van der Waals surface area contributed by atoms with Gasteiger partial charge in [-0.3, -0.25) is 4.90 Å². The Morgan fingerprint density at radius 3 is 2.38 bits per heavy atom. The van der Waals surface area contributed by atoms with Crippen molar-refractivity contribution in [3.05, 3.63) is 59.2 Å². The number of likely N-dealkylation sites (tertiary alicyclic amines) is 1. The highest BCUT2D eigenvalue weighted by Gasteiger charge is 2.36. The fraction of sp³-hybridized carbons (Fsp3) is 0.571. The van der Waals surface area contributed by atoms with E-state index in [1.165, 1.54) is 62.0 Å². The Bertz CT molecular complexity index is 902. The molecule has 2 aromatic carbocycles. The molecule has 3 aliphatic rings. The van der Waals surface area contributed by atoms with E-state index in [2.05, 4.69) is 66.1 Å². The van der Waals surface area contributed by atoms with Gasteiger partial charge in [0, 0.05) is 24.5 Å². The lowest BCUT2D eigenvalue weighted by Gasteiger charge is -2.38. The number of hydrogen-bond donors (Lipinski definition) is 0. The molecule has 0 bridgehead atoms. The second kappa shape index (κ2) is 9.44. The third-order valence-electron chi connectivity index (χ3n) is 7.96. The lowest BCUT2D eigenvalue weighted by molar-refractivity contribution is 0.119. The van der Waals surface area contributed by atoms with E-state index >= 15 is 0 Å². The molecule has 2 saturated heterocycles. The van der Waals surface area contributed by atoms with Crippen molar-refractivity contribution in [3.8, 4) is 11.5 Å². The molecule has 0 spiro atoms. The SMILES string of the molecule is COc1ccc([C@H]2CN3CCC[C@@H]3c3cc(OCC4CCN(C(C)C)CC4)ccc32)cc1. The molecule has 2 atom stereocenters. The highest BCUT2D eigenvalue weighted by molar-refractivity contribution is 5.47. The van der Waals surface area contributed by atoms with Crippen molar-refractivity contribution in [2.45, 2.75) is 57.5 Å². The number of fused-ring (bicyclic) bond motifs is 3. The van der Waals surface area contributed by atoms with Crippen molar-refractivity contribution >= 4 is 0 Å². The number of ether oxygens (including phenoxy) is 2. The van der Waals surface area contributed by atoms with Gasteiger partial charge in [-0.2, -0.15) is 0 Å². The monoisotopic (exact) mass is 434 g/mol. The number of methoxy groups -OCH3 is 1. The Morgan fingerprint density at radius 1 is 0.906 bits per heavy atom. The first-order chi connectivity index (χ1) is 15.6. The molecule has 0 unspecified atom stereocenters. The Kier molecular flexibility index (Phi) is 6.43. The summed E-state index contributed by atoms with van der Waals surface area (Å²) in [5.41, 5.74) is 4.35. The van der Waals surface area contributed by atoms with E-state index < -0.39 is 0 Å². The minimum Gasteiger partial charge on any atom is -0.497 e. The van der Waals surface area contributed by atoms with E-state index in [-0.39, 0.29) is 0 Å². The first kappa shape index (κ1) is 21.8. The Hall–Kier alpha value is -2.04. The predicted molar refractivity (Wildman–Crippen MR) is 130 cm³/mol. The third kappa shape index (κ3) is 4.40. The minimum absolute atomic E-state index is 0.416.